The van der Waals surface area contributed by atoms with Crippen molar-refractivity contribution in [1.29, 1.82) is 5.26 Å². The van der Waals surface area contributed by atoms with E-state index >= 15 is 0 Å². The molecular weight excluding hydrogens is 222 g/mol. The SMILES string of the molecule is COc1cccc(OC)c1C=C(C#N)C(=O)O. The molecule has 0 bridgehead atoms. The van der Waals surface area contributed by atoms with Crippen molar-refractivity contribution < 1.29 is 19.4 Å². The zero-order valence-corrected chi connectivity index (χ0v) is 9.43. The van der Waals surface area contributed by atoms with Gasteiger partial charge in [-0.3, -0.25) is 0 Å². The molecule has 88 valence electrons. The van der Waals surface area contributed by atoms with Crippen LogP contribution < -0.4 is 9.47 Å². The quantitative estimate of drug-likeness (QED) is 0.632. The van der Waals surface area contributed by atoms with Gasteiger partial charge >= 0.3 is 5.97 Å². The van der Waals surface area contributed by atoms with E-state index in [9.17, 15) is 4.79 Å². The van der Waals surface area contributed by atoms with E-state index < -0.39 is 5.97 Å². The van der Waals surface area contributed by atoms with Crippen LogP contribution in [0.4, 0.5) is 0 Å². The predicted molar refractivity (Wildman–Crippen MR) is 60.8 cm³/mol. The van der Waals surface area contributed by atoms with Gasteiger partial charge in [-0.15, -0.1) is 0 Å². The van der Waals surface area contributed by atoms with E-state index in [1.54, 1.807) is 24.3 Å². The Balaban J connectivity index is 3.39. The van der Waals surface area contributed by atoms with Gasteiger partial charge in [0.25, 0.3) is 0 Å². The number of hydrogen-bond donors (Lipinski definition) is 1. The molecule has 5 nitrogen and oxygen atoms in total. The van der Waals surface area contributed by atoms with Crippen LogP contribution in [0.15, 0.2) is 23.8 Å². The number of benzene rings is 1. The summed E-state index contributed by atoms with van der Waals surface area (Å²) in [5.41, 5.74) is 0.0456. The number of carboxylic acid groups (broad SMARTS) is 1. The molecule has 0 spiro atoms. The first kappa shape index (κ1) is 12.6. The molecule has 1 aromatic rings. The highest BCUT2D eigenvalue weighted by molar-refractivity contribution is 5.97. The fourth-order valence-corrected chi connectivity index (χ4v) is 1.31. The van der Waals surface area contributed by atoms with Crippen LogP contribution >= 0.6 is 0 Å². The lowest BCUT2D eigenvalue weighted by molar-refractivity contribution is -0.132. The van der Waals surface area contributed by atoms with Crippen molar-refractivity contribution in [1.82, 2.24) is 0 Å². The number of rotatable bonds is 4. The number of nitriles is 1. The Labute approximate surface area is 98.5 Å². The first-order valence-electron chi connectivity index (χ1n) is 4.70. The van der Waals surface area contributed by atoms with Crippen LogP contribution in [0.25, 0.3) is 6.08 Å². The van der Waals surface area contributed by atoms with Gasteiger partial charge in [-0.05, 0) is 18.2 Å². The maximum absolute atomic E-state index is 10.8. The summed E-state index contributed by atoms with van der Waals surface area (Å²) in [5, 5.41) is 17.5. The first-order chi connectivity index (χ1) is 8.13. The maximum atomic E-state index is 10.8. The van der Waals surface area contributed by atoms with Crippen LogP contribution in [0.3, 0.4) is 0 Å². The minimum absolute atomic E-state index is 0.382. The highest BCUT2D eigenvalue weighted by Crippen LogP contribution is 2.30. The minimum atomic E-state index is -1.29. The van der Waals surface area contributed by atoms with Crippen molar-refractivity contribution >= 4 is 12.0 Å². The van der Waals surface area contributed by atoms with E-state index in [1.807, 2.05) is 0 Å². The van der Waals surface area contributed by atoms with Crippen LogP contribution in [-0.4, -0.2) is 25.3 Å². The average molecular weight is 233 g/mol. The number of hydrogen-bond acceptors (Lipinski definition) is 4. The van der Waals surface area contributed by atoms with Gasteiger partial charge in [0, 0.05) is 0 Å². The smallest absolute Gasteiger partial charge is 0.346 e. The molecule has 0 fully saturated rings. The molecule has 0 saturated carbocycles. The maximum Gasteiger partial charge on any atom is 0.346 e. The minimum Gasteiger partial charge on any atom is -0.496 e. The lowest BCUT2D eigenvalue weighted by atomic mass is 10.1. The Morgan fingerprint density at radius 3 is 2.24 bits per heavy atom. The predicted octanol–water partition coefficient (Wildman–Crippen LogP) is 1.70. The van der Waals surface area contributed by atoms with Gasteiger partial charge < -0.3 is 14.6 Å². The summed E-state index contributed by atoms with van der Waals surface area (Å²) in [6.07, 6.45) is 1.22. The van der Waals surface area contributed by atoms with Gasteiger partial charge in [0.15, 0.2) is 0 Å². The molecule has 0 aliphatic carbocycles. The van der Waals surface area contributed by atoms with Crippen LogP contribution in [0.2, 0.25) is 0 Å². The first-order valence-corrected chi connectivity index (χ1v) is 4.70. The van der Waals surface area contributed by atoms with Gasteiger partial charge in [-0.1, -0.05) is 6.07 Å². The normalized spacial score (nSPS) is 10.5. The molecule has 0 aliphatic rings. The molecule has 0 amide bonds. The number of carboxylic acids is 1. The van der Waals surface area contributed by atoms with Crippen LogP contribution in [0, 0.1) is 11.3 Å². The third-order valence-electron chi connectivity index (χ3n) is 2.11. The van der Waals surface area contributed by atoms with Crippen molar-refractivity contribution in [3.63, 3.8) is 0 Å². The highest BCUT2D eigenvalue weighted by Gasteiger charge is 2.12. The van der Waals surface area contributed by atoms with Crippen LogP contribution in [-0.2, 0) is 4.79 Å². The Hall–Kier alpha value is -2.48. The number of ether oxygens (including phenoxy) is 2. The molecule has 0 aliphatic heterocycles. The Morgan fingerprint density at radius 2 is 1.88 bits per heavy atom. The summed E-state index contributed by atoms with van der Waals surface area (Å²) in [7, 11) is 2.91. The molecule has 0 heterocycles. The number of aliphatic carboxylic acids is 1. The standard InChI is InChI=1S/C12H11NO4/c1-16-10-4-3-5-11(17-2)9(10)6-8(7-13)12(14)15/h3-6H,1-2H3,(H,14,15). The van der Waals surface area contributed by atoms with Crippen LogP contribution in [0.5, 0.6) is 11.5 Å². The molecule has 1 rings (SSSR count). The van der Waals surface area contributed by atoms with Gasteiger partial charge in [0.2, 0.25) is 0 Å². The molecule has 1 N–H and O–H groups in total. The summed E-state index contributed by atoms with van der Waals surface area (Å²) in [4.78, 5) is 10.8. The topological polar surface area (TPSA) is 79.5 Å². The van der Waals surface area contributed by atoms with E-state index in [0.717, 1.165) is 0 Å². The Bertz CT molecular complexity index is 477. The highest BCUT2D eigenvalue weighted by atomic mass is 16.5. The second kappa shape index (κ2) is 5.56. The monoisotopic (exact) mass is 233 g/mol. The molecule has 1 aromatic carbocycles. The lowest BCUT2D eigenvalue weighted by Gasteiger charge is -2.09. The summed E-state index contributed by atoms with van der Waals surface area (Å²) in [6.45, 7) is 0. The fourth-order valence-electron chi connectivity index (χ4n) is 1.31. The van der Waals surface area contributed by atoms with E-state index in [-0.39, 0.29) is 5.57 Å². The lowest BCUT2D eigenvalue weighted by Crippen LogP contribution is -1.99. The van der Waals surface area contributed by atoms with Gasteiger partial charge in [0.05, 0.1) is 19.8 Å². The zero-order valence-electron chi connectivity index (χ0n) is 9.43. The second-order valence-electron chi connectivity index (χ2n) is 3.05. The third-order valence-corrected chi connectivity index (χ3v) is 2.11. The van der Waals surface area contributed by atoms with Crippen molar-refractivity contribution in [2.45, 2.75) is 0 Å². The Kier molecular flexibility index (Phi) is 4.12. The van der Waals surface area contributed by atoms with E-state index in [4.69, 9.17) is 19.8 Å². The van der Waals surface area contributed by atoms with Crippen molar-refractivity contribution in [2.75, 3.05) is 14.2 Å². The van der Waals surface area contributed by atoms with E-state index in [1.165, 1.54) is 20.3 Å². The number of methoxy groups -OCH3 is 2. The van der Waals surface area contributed by atoms with Crippen molar-refractivity contribution in [3.8, 4) is 17.6 Å². The number of carbonyl (C=O) groups is 1. The van der Waals surface area contributed by atoms with Gasteiger partial charge in [-0.25, -0.2) is 4.79 Å². The summed E-state index contributed by atoms with van der Waals surface area (Å²) in [6, 6.07) is 6.63. The van der Waals surface area contributed by atoms with E-state index in [0.29, 0.717) is 17.1 Å². The largest absolute Gasteiger partial charge is 0.496 e. The second-order valence-corrected chi connectivity index (χ2v) is 3.05. The van der Waals surface area contributed by atoms with Crippen LogP contribution in [0.1, 0.15) is 5.56 Å². The molecule has 5 heteroatoms. The molecule has 0 radical (unpaired) electrons. The number of nitrogens with zero attached hydrogens (tertiary/aromatic N) is 1. The van der Waals surface area contributed by atoms with Crippen molar-refractivity contribution in [3.05, 3.63) is 29.3 Å². The molecule has 0 saturated heterocycles. The van der Waals surface area contributed by atoms with E-state index in [2.05, 4.69) is 0 Å². The average Bonchev–Trinajstić information content (AvgIpc) is 2.35. The molecule has 0 aromatic heterocycles. The zero-order chi connectivity index (χ0) is 12.8. The van der Waals surface area contributed by atoms with Gasteiger partial charge in [0.1, 0.15) is 23.1 Å². The van der Waals surface area contributed by atoms with Crippen molar-refractivity contribution in [2.24, 2.45) is 0 Å². The molecule has 0 atom stereocenters. The molecule has 17 heavy (non-hydrogen) atoms. The summed E-state index contributed by atoms with van der Waals surface area (Å²) in [5.74, 6) is -0.405. The molecular formula is C12H11NO4. The summed E-state index contributed by atoms with van der Waals surface area (Å²) >= 11 is 0. The molecule has 0 unspecified atom stereocenters. The third kappa shape index (κ3) is 2.75. The summed E-state index contributed by atoms with van der Waals surface area (Å²) < 4.78 is 10.2. The fraction of sp³-hybridized carbons (Fsp3) is 0.167. The Morgan fingerprint density at radius 1 is 1.35 bits per heavy atom. The van der Waals surface area contributed by atoms with Gasteiger partial charge in [-0.2, -0.15) is 5.26 Å².